The molecular formula is C8H7BrN2O4. The zero-order chi connectivity index (χ0) is 11.6. The molecule has 0 atom stereocenters. The third kappa shape index (κ3) is 2.24. The normalized spacial score (nSPS) is 9.93. The molecule has 0 saturated heterocycles. The van der Waals surface area contributed by atoms with Crippen LogP contribution in [-0.4, -0.2) is 21.1 Å². The van der Waals surface area contributed by atoms with Crippen LogP contribution in [0.4, 0.5) is 11.4 Å². The van der Waals surface area contributed by atoms with Gasteiger partial charge in [-0.2, -0.15) is 0 Å². The van der Waals surface area contributed by atoms with E-state index in [-0.39, 0.29) is 22.4 Å². The van der Waals surface area contributed by atoms with Gasteiger partial charge in [0.05, 0.1) is 10.3 Å². The summed E-state index contributed by atoms with van der Waals surface area (Å²) in [4.78, 5) is 20.9. The number of nitrogens with zero attached hydrogens (tertiary/aromatic N) is 1. The molecule has 0 heterocycles. The Bertz CT molecular complexity index is 433. The maximum atomic E-state index is 11.3. The first-order valence-corrected chi connectivity index (χ1v) is 4.95. The van der Waals surface area contributed by atoms with Crippen molar-refractivity contribution in [1.82, 2.24) is 0 Å². The molecule has 0 fully saturated rings. The summed E-state index contributed by atoms with van der Waals surface area (Å²) in [6, 6.07) is 1.96. The minimum absolute atomic E-state index is 0.0241. The van der Waals surface area contributed by atoms with Gasteiger partial charge in [-0.05, 0) is 6.07 Å². The topological polar surface area (TPSA) is 106 Å². The van der Waals surface area contributed by atoms with Gasteiger partial charge in [0.2, 0.25) is 0 Å². The highest BCUT2D eigenvalue weighted by atomic mass is 79.9. The number of ketones is 1. The molecule has 0 radical (unpaired) electrons. The van der Waals surface area contributed by atoms with Crippen LogP contribution in [0.3, 0.4) is 0 Å². The summed E-state index contributed by atoms with van der Waals surface area (Å²) < 4.78 is 0. The number of benzene rings is 1. The maximum Gasteiger partial charge on any atom is 0.312 e. The Morgan fingerprint density at radius 2 is 2.20 bits per heavy atom. The lowest BCUT2D eigenvalue weighted by molar-refractivity contribution is -0.385. The molecule has 1 aromatic carbocycles. The number of phenolic OH excluding ortho intramolecular Hbond substituents is 1. The first kappa shape index (κ1) is 11.4. The number of hydrogen-bond donors (Lipinski definition) is 2. The summed E-state index contributed by atoms with van der Waals surface area (Å²) in [5, 5.41) is 19.7. The van der Waals surface area contributed by atoms with E-state index in [9.17, 15) is 20.0 Å². The molecule has 0 saturated carbocycles. The summed E-state index contributed by atoms with van der Waals surface area (Å²) in [6.07, 6.45) is 0. The van der Waals surface area contributed by atoms with Crippen LogP contribution in [0.1, 0.15) is 10.4 Å². The van der Waals surface area contributed by atoms with Crippen molar-refractivity contribution in [3.63, 3.8) is 0 Å². The minimum atomic E-state index is -0.770. The summed E-state index contributed by atoms with van der Waals surface area (Å²) in [5.41, 5.74) is 4.97. The van der Waals surface area contributed by atoms with Gasteiger partial charge in [0.1, 0.15) is 0 Å². The predicted octanol–water partition coefficient (Wildman–Crippen LogP) is 1.46. The van der Waals surface area contributed by atoms with Gasteiger partial charge in [-0.1, -0.05) is 15.9 Å². The number of hydrogen-bond acceptors (Lipinski definition) is 5. The number of halogens is 1. The van der Waals surface area contributed by atoms with E-state index in [0.29, 0.717) is 0 Å². The van der Waals surface area contributed by atoms with Gasteiger partial charge in [-0.3, -0.25) is 14.9 Å². The van der Waals surface area contributed by atoms with Crippen LogP contribution in [0.2, 0.25) is 0 Å². The van der Waals surface area contributed by atoms with Crippen molar-refractivity contribution in [2.75, 3.05) is 11.1 Å². The predicted molar refractivity (Wildman–Crippen MR) is 57.3 cm³/mol. The van der Waals surface area contributed by atoms with E-state index in [1.807, 2.05) is 0 Å². The van der Waals surface area contributed by atoms with E-state index in [1.165, 1.54) is 0 Å². The van der Waals surface area contributed by atoms with Crippen LogP contribution in [0.25, 0.3) is 0 Å². The Morgan fingerprint density at radius 1 is 1.60 bits per heavy atom. The molecule has 0 amide bonds. The molecule has 15 heavy (non-hydrogen) atoms. The van der Waals surface area contributed by atoms with Gasteiger partial charge in [0, 0.05) is 17.3 Å². The molecule has 0 bridgehead atoms. The summed E-state index contributed by atoms with van der Waals surface area (Å²) in [6.45, 7) is 0. The van der Waals surface area contributed by atoms with E-state index >= 15 is 0 Å². The molecule has 0 spiro atoms. The number of rotatable bonds is 3. The Hall–Kier alpha value is -1.63. The molecule has 0 aliphatic heterocycles. The van der Waals surface area contributed by atoms with E-state index in [2.05, 4.69) is 15.9 Å². The molecular weight excluding hydrogens is 268 g/mol. The third-order valence-electron chi connectivity index (χ3n) is 1.77. The number of nitrogens with two attached hydrogens (primary N) is 1. The molecule has 7 heteroatoms. The average Bonchev–Trinajstić information content (AvgIpc) is 2.19. The highest BCUT2D eigenvalue weighted by Crippen LogP contribution is 2.31. The standard InChI is InChI=1S/C8H7BrN2O4/c9-3-8(13)4-1-7(12)6(11(14)15)2-5(4)10/h1-2,12H,3,10H2. The molecule has 80 valence electrons. The smallest absolute Gasteiger partial charge is 0.312 e. The summed E-state index contributed by atoms with van der Waals surface area (Å²) in [7, 11) is 0. The van der Waals surface area contributed by atoms with Gasteiger partial charge in [-0.15, -0.1) is 0 Å². The van der Waals surface area contributed by atoms with Gasteiger partial charge in [0.15, 0.2) is 11.5 Å². The van der Waals surface area contributed by atoms with Crippen LogP contribution in [-0.2, 0) is 0 Å². The van der Waals surface area contributed by atoms with Crippen molar-refractivity contribution in [3.05, 3.63) is 27.8 Å². The van der Waals surface area contributed by atoms with Crippen LogP contribution >= 0.6 is 15.9 Å². The fourth-order valence-corrected chi connectivity index (χ4v) is 1.35. The number of nitrogen functional groups attached to an aromatic ring is 1. The summed E-state index contributed by atoms with van der Waals surface area (Å²) in [5.74, 6) is -0.920. The molecule has 0 aromatic heterocycles. The van der Waals surface area contributed by atoms with Crippen molar-refractivity contribution >= 4 is 33.1 Å². The van der Waals surface area contributed by atoms with Gasteiger partial charge < -0.3 is 10.8 Å². The first-order valence-electron chi connectivity index (χ1n) is 3.83. The molecule has 0 aliphatic rings. The van der Waals surface area contributed by atoms with E-state index in [1.54, 1.807) is 0 Å². The van der Waals surface area contributed by atoms with Gasteiger partial charge in [0.25, 0.3) is 0 Å². The largest absolute Gasteiger partial charge is 0.502 e. The monoisotopic (exact) mass is 274 g/mol. The Balaban J connectivity index is 3.31. The van der Waals surface area contributed by atoms with E-state index in [0.717, 1.165) is 12.1 Å². The number of nitro groups is 1. The lowest BCUT2D eigenvalue weighted by atomic mass is 10.1. The average molecular weight is 275 g/mol. The number of Topliss-reactive ketones (excluding diaryl/α,β-unsaturated/α-hetero) is 1. The number of carbonyl (C=O) groups excluding carboxylic acids is 1. The van der Waals surface area contributed by atoms with Gasteiger partial charge >= 0.3 is 5.69 Å². The second-order valence-electron chi connectivity index (χ2n) is 2.74. The Morgan fingerprint density at radius 3 is 2.67 bits per heavy atom. The van der Waals surface area contributed by atoms with Crippen molar-refractivity contribution < 1.29 is 14.8 Å². The van der Waals surface area contributed by atoms with Crippen molar-refractivity contribution in [2.24, 2.45) is 0 Å². The van der Waals surface area contributed by atoms with Crippen molar-refractivity contribution in [3.8, 4) is 5.75 Å². The molecule has 0 unspecified atom stereocenters. The SMILES string of the molecule is Nc1cc([N+](=O)[O-])c(O)cc1C(=O)CBr. The van der Waals surface area contributed by atoms with Crippen LogP contribution in [0.15, 0.2) is 12.1 Å². The second-order valence-corrected chi connectivity index (χ2v) is 3.30. The number of alkyl halides is 1. The van der Waals surface area contributed by atoms with Crippen LogP contribution in [0.5, 0.6) is 5.75 Å². The van der Waals surface area contributed by atoms with Gasteiger partial charge in [-0.25, -0.2) is 0 Å². The number of nitro benzene ring substituents is 1. The van der Waals surface area contributed by atoms with Crippen molar-refractivity contribution in [1.29, 1.82) is 0 Å². The maximum absolute atomic E-state index is 11.3. The summed E-state index contributed by atoms with van der Waals surface area (Å²) >= 11 is 2.94. The van der Waals surface area contributed by atoms with E-state index in [4.69, 9.17) is 5.73 Å². The molecule has 1 rings (SSSR count). The Labute approximate surface area is 93.0 Å². The van der Waals surface area contributed by atoms with Crippen molar-refractivity contribution in [2.45, 2.75) is 0 Å². The van der Waals surface area contributed by atoms with Crippen LogP contribution in [0, 0.1) is 10.1 Å². The second kappa shape index (κ2) is 4.26. The molecule has 0 aliphatic carbocycles. The zero-order valence-corrected chi connectivity index (χ0v) is 9.02. The highest BCUT2D eigenvalue weighted by molar-refractivity contribution is 9.09. The first-order chi connectivity index (χ1) is 6.97. The lowest BCUT2D eigenvalue weighted by Gasteiger charge is -2.03. The Kier molecular flexibility index (Phi) is 3.25. The molecule has 6 nitrogen and oxygen atoms in total. The fraction of sp³-hybridized carbons (Fsp3) is 0.125. The zero-order valence-electron chi connectivity index (χ0n) is 7.44. The highest BCUT2D eigenvalue weighted by Gasteiger charge is 2.19. The lowest BCUT2D eigenvalue weighted by Crippen LogP contribution is -2.05. The molecule has 1 aromatic rings. The quantitative estimate of drug-likeness (QED) is 0.217. The third-order valence-corrected chi connectivity index (χ3v) is 2.27. The number of anilines is 1. The number of aromatic hydroxyl groups is 1. The van der Waals surface area contributed by atoms with Crippen LogP contribution < -0.4 is 5.73 Å². The van der Waals surface area contributed by atoms with E-state index < -0.39 is 16.4 Å². The molecule has 3 N–H and O–H groups in total. The number of phenols is 1. The minimum Gasteiger partial charge on any atom is -0.502 e. The fourth-order valence-electron chi connectivity index (χ4n) is 1.05. The number of carbonyl (C=O) groups is 1.